The lowest BCUT2D eigenvalue weighted by Gasteiger charge is -2.21. The van der Waals surface area contributed by atoms with Gasteiger partial charge in [0.1, 0.15) is 19.3 Å². The van der Waals surface area contributed by atoms with Gasteiger partial charge in [0.15, 0.2) is 12.2 Å². The summed E-state index contributed by atoms with van der Waals surface area (Å²) in [5, 5.41) is 10.6. The van der Waals surface area contributed by atoms with Crippen molar-refractivity contribution in [3.8, 4) is 0 Å². The highest BCUT2D eigenvalue weighted by Crippen LogP contribution is 2.45. The molecule has 0 aromatic rings. The Morgan fingerprint density at radius 2 is 0.520 bits per heavy atom. The topological polar surface area (TPSA) is 237 Å². The first-order valence-corrected chi connectivity index (χ1v) is 43.9. The largest absolute Gasteiger partial charge is 0.472 e. The second kappa shape index (κ2) is 69.4. The molecule has 0 heterocycles. The fourth-order valence-electron chi connectivity index (χ4n) is 12.1. The van der Waals surface area contributed by atoms with Crippen LogP contribution in [-0.4, -0.2) is 96.7 Å². The molecule has 0 bridgehead atoms. The first-order valence-electron chi connectivity index (χ1n) is 40.9. The molecule has 0 aliphatic heterocycles. The Balaban J connectivity index is 5.25. The normalized spacial score (nSPS) is 14.3. The van der Waals surface area contributed by atoms with Crippen molar-refractivity contribution >= 4 is 39.5 Å². The predicted octanol–water partition coefficient (Wildman–Crippen LogP) is 23.4. The number of aliphatic hydroxyl groups is 1. The fourth-order valence-corrected chi connectivity index (χ4v) is 13.7. The van der Waals surface area contributed by atoms with E-state index in [9.17, 15) is 43.2 Å². The third-order valence-corrected chi connectivity index (χ3v) is 20.6. The van der Waals surface area contributed by atoms with Gasteiger partial charge >= 0.3 is 39.5 Å². The third-order valence-electron chi connectivity index (χ3n) is 18.7. The van der Waals surface area contributed by atoms with Crippen LogP contribution in [0.15, 0.2) is 0 Å². The Labute approximate surface area is 600 Å². The quantitative estimate of drug-likeness (QED) is 0.0222. The lowest BCUT2D eigenvalue weighted by Crippen LogP contribution is -2.30. The minimum absolute atomic E-state index is 0.107. The van der Waals surface area contributed by atoms with Crippen LogP contribution in [0.1, 0.15) is 408 Å². The van der Waals surface area contributed by atoms with Gasteiger partial charge in [0.2, 0.25) is 0 Å². The lowest BCUT2D eigenvalue weighted by molar-refractivity contribution is -0.161. The summed E-state index contributed by atoms with van der Waals surface area (Å²) in [7, 11) is -9.92. The van der Waals surface area contributed by atoms with Crippen LogP contribution in [0.5, 0.6) is 0 Å². The number of hydrogen-bond acceptors (Lipinski definition) is 15. The Bertz CT molecular complexity index is 1910. The maximum atomic E-state index is 13.1. The van der Waals surface area contributed by atoms with Crippen molar-refractivity contribution < 1.29 is 80.2 Å². The molecule has 0 spiro atoms. The van der Waals surface area contributed by atoms with Gasteiger partial charge in [-0.2, -0.15) is 0 Å². The van der Waals surface area contributed by atoms with Crippen LogP contribution in [-0.2, 0) is 65.4 Å². The highest BCUT2D eigenvalue weighted by Gasteiger charge is 2.30. The zero-order valence-corrected chi connectivity index (χ0v) is 66.0. The summed E-state index contributed by atoms with van der Waals surface area (Å²) < 4.78 is 68.7. The van der Waals surface area contributed by atoms with Crippen molar-refractivity contribution in [2.75, 3.05) is 39.6 Å². The number of rotatable bonds is 77. The molecule has 3 N–H and O–H groups in total. The maximum Gasteiger partial charge on any atom is 0.472 e. The molecule has 19 heteroatoms. The van der Waals surface area contributed by atoms with Gasteiger partial charge in [-0.1, -0.05) is 357 Å². The highest BCUT2D eigenvalue weighted by atomic mass is 31.2. The number of carbonyl (C=O) groups excluding carboxylic acids is 4. The van der Waals surface area contributed by atoms with Crippen LogP contribution in [0, 0.1) is 17.8 Å². The summed E-state index contributed by atoms with van der Waals surface area (Å²) in [6.45, 7) is 12.0. The van der Waals surface area contributed by atoms with Crippen LogP contribution in [0.25, 0.3) is 0 Å². The van der Waals surface area contributed by atoms with Gasteiger partial charge in [0.05, 0.1) is 26.4 Å². The number of carbonyl (C=O) groups is 4. The number of esters is 4. The van der Waals surface area contributed by atoms with E-state index in [4.69, 9.17) is 37.0 Å². The molecule has 0 aromatic heterocycles. The standard InChI is InChI=1S/C79H154O17P2/c1-8-10-11-12-13-14-15-16-22-25-32-41-48-55-62-78(83)96-75(67-90-77(82)61-54-47-40-35-34-37-44-51-58-71(5)6)69-94-98(87,88)92-65-73(80)64-91-97(85,86)93-68-74(66-89-76(81)60-53-46-39-31-28-27-30-38-45-52-59-72(7)9-2)95-79(84)63-56-49-42-33-26-23-20-18-17-19-21-24-29-36-43-50-57-70(3)4/h70-75,80H,8-69H2,1-7H3,(H,85,86)(H,87,88)/t72?,73-,74-,75-/m1/s1. The summed E-state index contributed by atoms with van der Waals surface area (Å²) in [6, 6.07) is 0. The monoisotopic (exact) mass is 1440 g/mol. The van der Waals surface area contributed by atoms with Gasteiger partial charge in [-0.05, 0) is 43.4 Å². The van der Waals surface area contributed by atoms with Crippen molar-refractivity contribution in [1.29, 1.82) is 0 Å². The number of unbranched alkanes of at least 4 members (excludes halogenated alkanes) is 44. The molecular weight excluding hydrogens is 1280 g/mol. The summed E-state index contributed by atoms with van der Waals surface area (Å²) in [6.07, 6.45) is 56.8. The van der Waals surface area contributed by atoms with Crippen LogP contribution in [0.3, 0.4) is 0 Å². The molecule has 582 valence electrons. The molecule has 3 unspecified atom stereocenters. The van der Waals surface area contributed by atoms with Gasteiger partial charge in [-0.3, -0.25) is 37.3 Å². The summed E-state index contributed by atoms with van der Waals surface area (Å²) in [5.41, 5.74) is 0. The van der Waals surface area contributed by atoms with Gasteiger partial charge in [0.25, 0.3) is 0 Å². The van der Waals surface area contributed by atoms with Crippen molar-refractivity contribution in [2.24, 2.45) is 17.8 Å². The first-order chi connectivity index (χ1) is 47.3. The molecule has 0 aromatic carbocycles. The summed E-state index contributed by atoms with van der Waals surface area (Å²) in [4.78, 5) is 73.0. The molecule has 0 amide bonds. The van der Waals surface area contributed by atoms with E-state index in [1.807, 2.05) is 0 Å². The van der Waals surface area contributed by atoms with E-state index >= 15 is 0 Å². The molecule has 98 heavy (non-hydrogen) atoms. The molecule has 6 atom stereocenters. The minimum Gasteiger partial charge on any atom is -0.462 e. The van der Waals surface area contributed by atoms with E-state index in [2.05, 4.69) is 48.5 Å². The van der Waals surface area contributed by atoms with Crippen molar-refractivity contribution in [1.82, 2.24) is 0 Å². The number of hydrogen-bond donors (Lipinski definition) is 3. The molecule has 0 aliphatic rings. The SMILES string of the molecule is CCCCCCCCCCCCCCCCC(=O)O[C@H](COC(=O)CCCCCCCCCCC(C)C)COP(=O)(O)OC[C@H](O)COP(=O)(O)OC[C@@H](COC(=O)CCCCCCCCCCCCC(C)CC)OC(=O)CCCCCCCCCCCCCCCCCCC(C)C. The summed E-state index contributed by atoms with van der Waals surface area (Å²) >= 11 is 0. The number of phosphoric acid groups is 2. The molecule has 0 saturated heterocycles. The first kappa shape index (κ1) is 96.1. The average molecular weight is 1440 g/mol. The van der Waals surface area contributed by atoms with Crippen LogP contribution in [0.4, 0.5) is 0 Å². The van der Waals surface area contributed by atoms with E-state index in [1.54, 1.807) is 0 Å². The van der Waals surface area contributed by atoms with Gasteiger partial charge < -0.3 is 33.8 Å². The Morgan fingerprint density at radius 3 is 0.776 bits per heavy atom. The molecule has 0 radical (unpaired) electrons. The lowest BCUT2D eigenvalue weighted by atomic mass is 9.99. The predicted molar refractivity (Wildman–Crippen MR) is 400 cm³/mol. The molecule has 17 nitrogen and oxygen atoms in total. The zero-order chi connectivity index (χ0) is 72.3. The smallest absolute Gasteiger partial charge is 0.462 e. The van der Waals surface area contributed by atoms with Gasteiger partial charge in [-0.15, -0.1) is 0 Å². The third kappa shape index (κ3) is 71.1. The molecule has 0 rings (SSSR count). The molecule has 0 saturated carbocycles. The van der Waals surface area contributed by atoms with Crippen molar-refractivity contribution in [3.05, 3.63) is 0 Å². The van der Waals surface area contributed by atoms with Crippen LogP contribution >= 0.6 is 15.6 Å². The summed E-state index contributed by atoms with van der Waals surface area (Å²) in [5.74, 6) is 0.232. The van der Waals surface area contributed by atoms with E-state index < -0.39 is 97.5 Å². The van der Waals surface area contributed by atoms with Crippen molar-refractivity contribution in [3.63, 3.8) is 0 Å². The minimum atomic E-state index is -4.96. The zero-order valence-electron chi connectivity index (χ0n) is 64.3. The van der Waals surface area contributed by atoms with Gasteiger partial charge in [-0.25, -0.2) is 9.13 Å². The van der Waals surface area contributed by atoms with Crippen LogP contribution in [0.2, 0.25) is 0 Å². The highest BCUT2D eigenvalue weighted by molar-refractivity contribution is 7.47. The second-order valence-corrected chi connectivity index (χ2v) is 32.6. The second-order valence-electron chi connectivity index (χ2n) is 29.6. The van der Waals surface area contributed by atoms with E-state index in [-0.39, 0.29) is 25.7 Å². The van der Waals surface area contributed by atoms with Crippen LogP contribution < -0.4 is 0 Å². The maximum absolute atomic E-state index is 13.1. The van der Waals surface area contributed by atoms with E-state index in [1.165, 1.54) is 218 Å². The van der Waals surface area contributed by atoms with E-state index in [0.717, 1.165) is 108 Å². The van der Waals surface area contributed by atoms with E-state index in [0.29, 0.717) is 25.7 Å². The van der Waals surface area contributed by atoms with Gasteiger partial charge in [0, 0.05) is 25.7 Å². The number of phosphoric ester groups is 2. The fraction of sp³-hybridized carbons (Fsp3) is 0.949. The molecule has 0 aliphatic carbocycles. The van der Waals surface area contributed by atoms with Crippen molar-refractivity contribution in [2.45, 2.75) is 426 Å². The Hall–Kier alpha value is -1.94. The Morgan fingerprint density at radius 1 is 0.296 bits per heavy atom. The molecule has 0 fully saturated rings. The number of aliphatic hydroxyl groups excluding tert-OH is 1. The number of ether oxygens (including phenoxy) is 4. The Kier molecular flexibility index (Phi) is 68.1. The molecular formula is C79H154O17P2. The average Bonchev–Trinajstić information content (AvgIpc) is 1.21.